The van der Waals surface area contributed by atoms with Crippen molar-refractivity contribution in [1.82, 2.24) is 5.32 Å². The summed E-state index contributed by atoms with van der Waals surface area (Å²) in [6.45, 7) is 6.23. The van der Waals surface area contributed by atoms with Crippen molar-refractivity contribution in [3.63, 3.8) is 0 Å². The molecule has 0 aromatic heterocycles. The molecule has 16 heavy (non-hydrogen) atoms. The number of aryl methyl sites for hydroxylation is 1. The minimum Gasteiger partial charge on any atom is -0.384 e. The van der Waals surface area contributed by atoms with Gasteiger partial charge in [-0.05, 0) is 31.0 Å². The highest BCUT2D eigenvalue weighted by Gasteiger charge is 2.19. The molecule has 0 amide bonds. The second kappa shape index (κ2) is 6.66. The van der Waals surface area contributed by atoms with Crippen molar-refractivity contribution >= 4 is 0 Å². The van der Waals surface area contributed by atoms with Gasteiger partial charge in [0.2, 0.25) is 0 Å². The molecule has 0 radical (unpaired) electrons. The van der Waals surface area contributed by atoms with E-state index in [9.17, 15) is 0 Å². The molecule has 90 valence electrons. The second-order valence-corrected chi connectivity index (χ2v) is 4.45. The van der Waals surface area contributed by atoms with Gasteiger partial charge in [-0.2, -0.15) is 0 Å². The van der Waals surface area contributed by atoms with E-state index in [0.717, 1.165) is 13.2 Å². The fourth-order valence-electron chi connectivity index (χ4n) is 2.22. The van der Waals surface area contributed by atoms with Crippen LogP contribution >= 0.6 is 0 Å². The van der Waals surface area contributed by atoms with Crippen LogP contribution in [0.15, 0.2) is 24.3 Å². The van der Waals surface area contributed by atoms with Crippen LogP contribution in [0, 0.1) is 12.8 Å². The van der Waals surface area contributed by atoms with Crippen LogP contribution in [-0.4, -0.2) is 27.3 Å². The van der Waals surface area contributed by atoms with Crippen molar-refractivity contribution in [3.05, 3.63) is 35.4 Å². The highest BCUT2D eigenvalue weighted by atomic mass is 16.5. The minimum absolute atomic E-state index is 0.520. The van der Waals surface area contributed by atoms with E-state index in [1.54, 1.807) is 7.11 Å². The van der Waals surface area contributed by atoms with E-state index < -0.39 is 0 Å². The van der Waals surface area contributed by atoms with Crippen LogP contribution in [0.1, 0.15) is 24.0 Å². The van der Waals surface area contributed by atoms with Crippen molar-refractivity contribution in [3.8, 4) is 0 Å². The van der Waals surface area contributed by atoms with Crippen LogP contribution in [0.3, 0.4) is 0 Å². The van der Waals surface area contributed by atoms with Gasteiger partial charge in [0.15, 0.2) is 0 Å². The lowest BCUT2D eigenvalue weighted by Crippen LogP contribution is -2.25. The molecule has 1 N–H and O–H groups in total. The van der Waals surface area contributed by atoms with Gasteiger partial charge in [-0.3, -0.25) is 0 Å². The molecule has 0 aliphatic heterocycles. The molecule has 1 rings (SSSR count). The van der Waals surface area contributed by atoms with E-state index in [4.69, 9.17) is 4.74 Å². The molecule has 0 fully saturated rings. The Kier molecular flexibility index (Phi) is 5.50. The zero-order chi connectivity index (χ0) is 12.0. The van der Waals surface area contributed by atoms with Gasteiger partial charge in [0.05, 0.1) is 0 Å². The number of hydrogen-bond donors (Lipinski definition) is 1. The molecule has 0 saturated heterocycles. The minimum atomic E-state index is 0.520. The summed E-state index contributed by atoms with van der Waals surface area (Å²) in [5.74, 6) is 1.05. The SMILES string of the molecule is CNCC(c1ccccc1C)C(C)COC. The fourth-order valence-corrected chi connectivity index (χ4v) is 2.22. The lowest BCUT2D eigenvalue weighted by atomic mass is 9.85. The summed E-state index contributed by atoms with van der Waals surface area (Å²) in [6.07, 6.45) is 0. The predicted molar refractivity (Wildman–Crippen MR) is 68.9 cm³/mol. The van der Waals surface area contributed by atoms with Crippen LogP contribution in [0.5, 0.6) is 0 Å². The molecule has 0 aliphatic rings. The van der Waals surface area contributed by atoms with Gasteiger partial charge in [0.25, 0.3) is 0 Å². The Morgan fingerprint density at radius 3 is 2.56 bits per heavy atom. The number of ether oxygens (including phenoxy) is 1. The first-order chi connectivity index (χ1) is 7.70. The van der Waals surface area contributed by atoms with Gasteiger partial charge >= 0.3 is 0 Å². The smallest absolute Gasteiger partial charge is 0.0494 e. The Morgan fingerprint density at radius 2 is 2.00 bits per heavy atom. The first kappa shape index (κ1) is 13.2. The molecule has 2 nitrogen and oxygen atoms in total. The molecule has 2 heteroatoms. The Bertz CT molecular complexity index is 311. The quantitative estimate of drug-likeness (QED) is 0.797. The number of benzene rings is 1. The van der Waals surface area contributed by atoms with Gasteiger partial charge in [-0.1, -0.05) is 31.2 Å². The number of nitrogens with one attached hydrogen (secondary N) is 1. The summed E-state index contributed by atoms with van der Waals surface area (Å²) in [6, 6.07) is 8.61. The molecular weight excluding hydrogens is 198 g/mol. The zero-order valence-corrected chi connectivity index (χ0v) is 10.8. The summed E-state index contributed by atoms with van der Waals surface area (Å²) in [5.41, 5.74) is 2.80. The van der Waals surface area contributed by atoms with Crippen molar-refractivity contribution in [2.45, 2.75) is 19.8 Å². The number of likely N-dealkylation sites (N-methyl/N-ethyl adjacent to an activating group) is 1. The first-order valence-electron chi connectivity index (χ1n) is 5.89. The Labute approximate surface area is 99.0 Å². The predicted octanol–water partition coefficient (Wildman–Crippen LogP) is 2.58. The molecule has 0 aliphatic carbocycles. The summed E-state index contributed by atoms with van der Waals surface area (Å²) in [5, 5.41) is 3.28. The lowest BCUT2D eigenvalue weighted by molar-refractivity contribution is 0.146. The highest BCUT2D eigenvalue weighted by molar-refractivity contribution is 5.30. The summed E-state index contributed by atoms with van der Waals surface area (Å²) in [7, 11) is 3.77. The second-order valence-electron chi connectivity index (χ2n) is 4.45. The monoisotopic (exact) mass is 221 g/mol. The topological polar surface area (TPSA) is 21.3 Å². The van der Waals surface area contributed by atoms with Crippen LogP contribution in [0.25, 0.3) is 0 Å². The van der Waals surface area contributed by atoms with Crippen LogP contribution < -0.4 is 5.32 Å². The average Bonchev–Trinajstić information content (AvgIpc) is 2.27. The largest absolute Gasteiger partial charge is 0.384 e. The van der Waals surface area contributed by atoms with E-state index >= 15 is 0 Å². The fraction of sp³-hybridized carbons (Fsp3) is 0.571. The number of hydrogen-bond acceptors (Lipinski definition) is 2. The molecule has 2 unspecified atom stereocenters. The Hall–Kier alpha value is -0.860. The van der Waals surface area contributed by atoms with Gasteiger partial charge < -0.3 is 10.1 Å². The van der Waals surface area contributed by atoms with Crippen molar-refractivity contribution in [1.29, 1.82) is 0 Å². The molecule has 1 aromatic rings. The van der Waals surface area contributed by atoms with E-state index in [0.29, 0.717) is 11.8 Å². The number of methoxy groups -OCH3 is 1. The zero-order valence-electron chi connectivity index (χ0n) is 10.8. The van der Waals surface area contributed by atoms with Gasteiger partial charge in [-0.15, -0.1) is 0 Å². The third kappa shape index (κ3) is 3.32. The van der Waals surface area contributed by atoms with E-state index in [2.05, 4.69) is 43.4 Å². The molecule has 2 atom stereocenters. The van der Waals surface area contributed by atoms with Crippen molar-refractivity contribution < 1.29 is 4.74 Å². The van der Waals surface area contributed by atoms with Crippen molar-refractivity contribution in [2.75, 3.05) is 27.3 Å². The summed E-state index contributed by atoms with van der Waals surface area (Å²) < 4.78 is 5.26. The lowest BCUT2D eigenvalue weighted by Gasteiger charge is -2.25. The standard InChI is InChI=1S/C14H23NO/c1-11-7-5-6-8-13(11)14(9-15-3)12(2)10-16-4/h5-8,12,14-15H,9-10H2,1-4H3. The van der Waals surface area contributed by atoms with Crippen LogP contribution in [0.4, 0.5) is 0 Å². The molecule has 0 heterocycles. The summed E-state index contributed by atoms with van der Waals surface area (Å²) in [4.78, 5) is 0. The molecule has 0 bridgehead atoms. The van der Waals surface area contributed by atoms with Crippen LogP contribution in [0.2, 0.25) is 0 Å². The first-order valence-corrected chi connectivity index (χ1v) is 5.89. The molecule has 0 spiro atoms. The van der Waals surface area contributed by atoms with Gasteiger partial charge in [0.1, 0.15) is 0 Å². The van der Waals surface area contributed by atoms with Gasteiger partial charge in [-0.25, -0.2) is 0 Å². The molecule has 1 aromatic carbocycles. The third-order valence-electron chi connectivity index (χ3n) is 3.13. The molecule has 0 saturated carbocycles. The van der Waals surface area contributed by atoms with Crippen LogP contribution in [-0.2, 0) is 4.74 Å². The average molecular weight is 221 g/mol. The maximum atomic E-state index is 5.26. The normalized spacial score (nSPS) is 14.8. The number of rotatable bonds is 6. The van der Waals surface area contributed by atoms with E-state index in [-0.39, 0.29) is 0 Å². The van der Waals surface area contributed by atoms with Gasteiger partial charge in [0, 0.05) is 26.2 Å². The summed E-state index contributed by atoms with van der Waals surface area (Å²) >= 11 is 0. The maximum absolute atomic E-state index is 5.26. The third-order valence-corrected chi connectivity index (χ3v) is 3.13. The Balaban J connectivity index is 2.88. The Morgan fingerprint density at radius 1 is 1.31 bits per heavy atom. The highest BCUT2D eigenvalue weighted by Crippen LogP contribution is 2.26. The maximum Gasteiger partial charge on any atom is 0.0494 e. The van der Waals surface area contributed by atoms with E-state index in [1.165, 1.54) is 11.1 Å². The molecular formula is C14H23NO. The van der Waals surface area contributed by atoms with Crippen molar-refractivity contribution in [2.24, 2.45) is 5.92 Å². The van der Waals surface area contributed by atoms with E-state index in [1.807, 2.05) is 7.05 Å².